The number of hydrogen-bond acceptors (Lipinski definition) is 4. The zero-order valence-corrected chi connectivity index (χ0v) is 21.4. The first-order valence-corrected chi connectivity index (χ1v) is 13.4. The lowest BCUT2D eigenvalue weighted by molar-refractivity contribution is -0.142. The number of fused-ring (bicyclic) bond motifs is 1. The summed E-state index contributed by atoms with van der Waals surface area (Å²) in [6, 6.07) is 9.28. The predicted octanol–water partition coefficient (Wildman–Crippen LogP) is 5.15. The summed E-state index contributed by atoms with van der Waals surface area (Å²) in [7, 11) is 0. The van der Waals surface area contributed by atoms with E-state index in [-0.39, 0.29) is 47.1 Å². The minimum absolute atomic E-state index is 0.0259. The summed E-state index contributed by atoms with van der Waals surface area (Å²) in [5, 5.41) is 22.3. The number of aliphatic hydroxyl groups excluding tert-OH is 1. The largest absolute Gasteiger partial charge is 0.392 e. The fraction of sp³-hybridized carbons (Fsp3) is 0.556. The van der Waals surface area contributed by atoms with E-state index in [0.717, 1.165) is 30.6 Å². The molecule has 0 radical (unpaired) electrons. The van der Waals surface area contributed by atoms with Gasteiger partial charge in [-0.3, -0.25) is 4.79 Å². The fourth-order valence-electron chi connectivity index (χ4n) is 6.34. The number of hydrogen-bond donors (Lipinski definition) is 4. The lowest BCUT2D eigenvalue weighted by Gasteiger charge is -2.56. The topological polar surface area (TPSA) is 90.5 Å². The van der Waals surface area contributed by atoms with Crippen molar-refractivity contribution in [3.8, 4) is 0 Å². The number of anilines is 1. The van der Waals surface area contributed by atoms with Crippen LogP contribution in [0.5, 0.6) is 0 Å². The molecule has 35 heavy (non-hydrogen) atoms. The molecule has 190 valence electrons. The van der Waals surface area contributed by atoms with Crippen molar-refractivity contribution in [1.82, 2.24) is 10.6 Å². The van der Waals surface area contributed by atoms with Gasteiger partial charge in [-0.1, -0.05) is 32.9 Å². The van der Waals surface area contributed by atoms with Crippen molar-refractivity contribution in [3.63, 3.8) is 0 Å². The monoisotopic (exact) mass is 501 g/mol. The van der Waals surface area contributed by atoms with Crippen LogP contribution in [0.15, 0.2) is 41.8 Å². The highest BCUT2D eigenvalue weighted by Crippen LogP contribution is 2.55. The molecule has 1 aromatic heterocycles. The van der Waals surface area contributed by atoms with Crippen LogP contribution in [0, 0.1) is 34.9 Å². The van der Waals surface area contributed by atoms with Crippen molar-refractivity contribution in [3.05, 3.63) is 52.5 Å². The van der Waals surface area contributed by atoms with Gasteiger partial charge in [-0.25, -0.2) is 9.18 Å². The summed E-state index contributed by atoms with van der Waals surface area (Å²) in [6.45, 7) is 6.74. The Balaban J connectivity index is 1.39. The Morgan fingerprint density at radius 3 is 2.71 bits per heavy atom. The molecule has 1 heterocycles. The van der Waals surface area contributed by atoms with Crippen LogP contribution < -0.4 is 16.0 Å². The molecule has 2 saturated carbocycles. The molecule has 8 heteroatoms. The van der Waals surface area contributed by atoms with E-state index in [4.69, 9.17) is 0 Å². The highest BCUT2D eigenvalue weighted by molar-refractivity contribution is 7.09. The molecule has 0 bridgehead atoms. The number of benzene rings is 1. The normalized spacial score (nSPS) is 31.2. The highest BCUT2D eigenvalue weighted by Gasteiger charge is 2.53. The summed E-state index contributed by atoms with van der Waals surface area (Å²) in [6.07, 6.45) is 2.86. The standard InChI is InChI=1S/C27H36FN3O3S/c1-16(25(33)29-15-20-8-5-13-35-20)21-9-11-27(3)12-10-22(17(2)23(27)24(21)32)31-26(34)30-19-7-4-6-18(28)14-19/h4-8,13-14,16-17,21-24,32H,9-12,15H2,1-3H3,(H,29,33)(H2,30,31,34)/t16-,17+,21-,22-,23+,24-,27-/m0/s1. The average Bonchev–Trinajstić information content (AvgIpc) is 3.33. The molecule has 6 nitrogen and oxygen atoms in total. The molecule has 0 unspecified atom stereocenters. The van der Waals surface area contributed by atoms with Crippen molar-refractivity contribution in [1.29, 1.82) is 0 Å². The van der Waals surface area contributed by atoms with Gasteiger partial charge in [-0.05, 0) is 78.5 Å². The number of carbonyl (C=O) groups excluding carboxylic acids is 2. The van der Waals surface area contributed by atoms with Crippen LogP contribution in [-0.2, 0) is 11.3 Å². The number of carbonyl (C=O) groups is 2. The molecule has 2 fully saturated rings. The highest BCUT2D eigenvalue weighted by atomic mass is 32.1. The van der Waals surface area contributed by atoms with Gasteiger partial charge in [-0.15, -0.1) is 11.3 Å². The Morgan fingerprint density at radius 1 is 1.23 bits per heavy atom. The number of thiophene rings is 1. The van der Waals surface area contributed by atoms with Crippen LogP contribution in [-0.4, -0.2) is 29.2 Å². The van der Waals surface area contributed by atoms with Crippen molar-refractivity contribution >= 4 is 29.0 Å². The van der Waals surface area contributed by atoms with E-state index in [0.29, 0.717) is 12.2 Å². The molecule has 4 N–H and O–H groups in total. The molecule has 0 saturated heterocycles. The quantitative estimate of drug-likeness (QED) is 0.441. The van der Waals surface area contributed by atoms with E-state index in [9.17, 15) is 19.1 Å². The van der Waals surface area contributed by atoms with Gasteiger partial charge in [0.25, 0.3) is 0 Å². The van der Waals surface area contributed by atoms with E-state index < -0.39 is 11.9 Å². The smallest absolute Gasteiger partial charge is 0.319 e. The predicted molar refractivity (Wildman–Crippen MR) is 136 cm³/mol. The Hall–Kier alpha value is -2.45. The lowest BCUT2D eigenvalue weighted by atomic mass is 9.52. The third-order valence-corrected chi connectivity index (χ3v) is 9.24. The minimum Gasteiger partial charge on any atom is -0.392 e. The average molecular weight is 502 g/mol. The van der Waals surface area contributed by atoms with E-state index in [2.05, 4.69) is 29.8 Å². The molecule has 2 aliphatic carbocycles. The first-order chi connectivity index (χ1) is 16.7. The molecule has 2 aromatic rings. The van der Waals surface area contributed by atoms with Crippen LogP contribution in [0.2, 0.25) is 0 Å². The number of urea groups is 1. The second kappa shape index (κ2) is 10.7. The van der Waals surface area contributed by atoms with Crippen LogP contribution in [0.4, 0.5) is 14.9 Å². The maximum absolute atomic E-state index is 13.5. The summed E-state index contributed by atoms with van der Waals surface area (Å²) < 4.78 is 13.5. The first kappa shape index (κ1) is 25.6. The maximum atomic E-state index is 13.5. The molecular formula is C27H36FN3O3S. The van der Waals surface area contributed by atoms with Gasteiger partial charge < -0.3 is 21.1 Å². The fourth-order valence-corrected chi connectivity index (χ4v) is 6.99. The maximum Gasteiger partial charge on any atom is 0.319 e. The molecule has 1 aromatic carbocycles. The number of rotatable bonds is 6. The molecule has 2 aliphatic rings. The summed E-state index contributed by atoms with van der Waals surface area (Å²) in [5.41, 5.74) is 0.371. The Labute approximate surface area is 210 Å². The van der Waals surface area contributed by atoms with Gasteiger partial charge in [0.05, 0.1) is 12.6 Å². The third kappa shape index (κ3) is 5.70. The van der Waals surface area contributed by atoms with Crippen LogP contribution in [0.3, 0.4) is 0 Å². The van der Waals surface area contributed by atoms with Gasteiger partial charge >= 0.3 is 6.03 Å². The van der Waals surface area contributed by atoms with Crippen LogP contribution >= 0.6 is 11.3 Å². The molecule has 7 atom stereocenters. The minimum atomic E-state index is -0.623. The van der Waals surface area contributed by atoms with Gasteiger partial charge in [0.1, 0.15) is 5.82 Å². The first-order valence-electron chi connectivity index (χ1n) is 12.5. The Kier molecular flexibility index (Phi) is 7.81. The van der Waals surface area contributed by atoms with E-state index in [1.165, 1.54) is 12.1 Å². The summed E-state index contributed by atoms with van der Waals surface area (Å²) in [5.74, 6) is -0.855. The number of aliphatic hydroxyl groups is 1. The molecule has 0 spiro atoms. The van der Waals surface area contributed by atoms with Gasteiger partial charge in [0, 0.05) is 22.5 Å². The third-order valence-electron chi connectivity index (χ3n) is 8.36. The Bertz CT molecular complexity index is 1030. The second-order valence-electron chi connectivity index (χ2n) is 10.6. The Morgan fingerprint density at radius 2 is 2.00 bits per heavy atom. The number of nitrogens with one attached hydrogen (secondary N) is 3. The van der Waals surface area contributed by atoms with Crippen LogP contribution in [0.1, 0.15) is 51.3 Å². The van der Waals surface area contributed by atoms with E-state index in [1.54, 1.807) is 23.5 Å². The SMILES string of the molecule is C[C@H]1[C@@H]2[C@@H](O)[C@H]([C@H](C)C(=O)NCc3cccs3)CC[C@@]2(C)CC[C@@H]1NC(=O)Nc1cccc(F)c1. The molecule has 3 amide bonds. The summed E-state index contributed by atoms with van der Waals surface area (Å²) in [4.78, 5) is 26.6. The number of amides is 3. The zero-order chi connectivity index (χ0) is 25.2. The van der Waals surface area contributed by atoms with Crippen molar-refractivity contribution < 1.29 is 19.1 Å². The zero-order valence-electron chi connectivity index (χ0n) is 20.6. The van der Waals surface area contributed by atoms with Crippen molar-refractivity contribution in [2.45, 2.75) is 65.1 Å². The van der Waals surface area contributed by atoms with Crippen molar-refractivity contribution in [2.24, 2.45) is 29.1 Å². The van der Waals surface area contributed by atoms with E-state index in [1.807, 2.05) is 24.4 Å². The van der Waals surface area contributed by atoms with Crippen LogP contribution in [0.25, 0.3) is 0 Å². The molecular weight excluding hydrogens is 465 g/mol. The van der Waals surface area contributed by atoms with Gasteiger partial charge in [0.2, 0.25) is 5.91 Å². The van der Waals surface area contributed by atoms with Gasteiger partial charge in [-0.2, -0.15) is 0 Å². The number of halogens is 1. The molecule has 0 aliphatic heterocycles. The second-order valence-corrected chi connectivity index (χ2v) is 11.6. The van der Waals surface area contributed by atoms with E-state index >= 15 is 0 Å². The summed E-state index contributed by atoms with van der Waals surface area (Å²) >= 11 is 1.61. The lowest BCUT2D eigenvalue weighted by Crippen LogP contribution is -2.58. The van der Waals surface area contributed by atoms with Gasteiger partial charge in [0.15, 0.2) is 0 Å². The van der Waals surface area contributed by atoms with Crippen molar-refractivity contribution in [2.75, 3.05) is 5.32 Å². The molecule has 4 rings (SSSR count).